The van der Waals surface area contributed by atoms with E-state index in [-0.39, 0.29) is 32.1 Å². The molecule has 1 aliphatic heterocycles. The molecule has 3 N–H and O–H groups in total. The maximum atomic E-state index is 13.0. The molecule has 3 aromatic heterocycles. The SMILES string of the molecule is CC1(C)CC(CCCNc2cccc(S(=O)(=O)NC(=O)c3ccc(-n4ccc(OCC5C(C)(C)C5(C)C)n4)nc3Cl)n2)CN1. The number of pyridine rings is 2. The Bertz CT molecular complexity index is 1620. The summed E-state index contributed by atoms with van der Waals surface area (Å²) in [6.07, 6.45) is 4.82. The van der Waals surface area contributed by atoms with Crippen LogP contribution in [-0.2, 0) is 10.0 Å². The van der Waals surface area contributed by atoms with Gasteiger partial charge < -0.3 is 15.4 Å². The van der Waals surface area contributed by atoms with Crippen LogP contribution in [0.25, 0.3) is 5.82 Å². The van der Waals surface area contributed by atoms with E-state index in [1.165, 1.54) is 22.9 Å². The number of halogens is 1. The number of nitrogens with one attached hydrogen (secondary N) is 3. The molecular weight excluding hydrogens is 602 g/mol. The van der Waals surface area contributed by atoms with Crippen LogP contribution in [-0.4, -0.2) is 59.3 Å². The van der Waals surface area contributed by atoms with Crippen molar-refractivity contribution in [3.05, 3.63) is 53.3 Å². The Balaban J connectivity index is 1.16. The summed E-state index contributed by atoms with van der Waals surface area (Å²) in [5.74, 6) is 1.36. The molecular formula is C31H42ClN7O4S. The van der Waals surface area contributed by atoms with Crippen LogP contribution in [0.1, 0.15) is 71.2 Å². The molecule has 5 rings (SSSR count). The van der Waals surface area contributed by atoms with Gasteiger partial charge in [0.1, 0.15) is 11.0 Å². The summed E-state index contributed by atoms with van der Waals surface area (Å²) in [4.78, 5) is 21.4. The van der Waals surface area contributed by atoms with E-state index in [1.807, 2.05) is 4.72 Å². The quantitative estimate of drug-likeness (QED) is 0.182. The zero-order valence-electron chi connectivity index (χ0n) is 26.1. The minimum atomic E-state index is -4.27. The molecule has 0 radical (unpaired) electrons. The van der Waals surface area contributed by atoms with Crippen molar-refractivity contribution in [1.82, 2.24) is 29.8 Å². The van der Waals surface area contributed by atoms with E-state index in [1.54, 1.807) is 24.4 Å². The average molecular weight is 644 g/mol. The highest BCUT2D eigenvalue weighted by molar-refractivity contribution is 7.90. The summed E-state index contributed by atoms with van der Waals surface area (Å²) < 4.78 is 35.5. The van der Waals surface area contributed by atoms with Gasteiger partial charge in [0.25, 0.3) is 15.9 Å². The van der Waals surface area contributed by atoms with Gasteiger partial charge in [-0.05, 0) is 80.7 Å². The van der Waals surface area contributed by atoms with E-state index in [4.69, 9.17) is 16.3 Å². The van der Waals surface area contributed by atoms with Gasteiger partial charge in [-0.1, -0.05) is 45.4 Å². The van der Waals surface area contributed by atoms with Crippen LogP contribution in [0.5, 0.6) is 5.88 Å². The van der Waals surface area contributed by atoms with Crippen LogP contribution in [0.4, 0.5) is 5.82 Å². The van der Waals surface area contributed by atoms with Crippen LogP contribution in [0.3, 0.4) is 0 Å². The van der Waals surface area contributed by atoms with Crippen molar-refractivity contribution in [3.8, 4) is 11.7 Å². The molecule has 1 saturated heterocycles. The molecule has 13 heteroatoms. The first-order valence-corrected chi connectivity index (χ1v) is 16.8. The van der Waals surface area contributed by atoms with E-state index in [0.717, 1.165) is 25.8 Å². The van der Waals surface area contributed by atoms with Gasteiger partial charge in [0, 0.05) is 30.3 Å². The predicted octanol–water partition coefficient (Wildman–Crippen LogP) is 5.08. The van der Waals surface area contributed by atoms with Gasteiger partial charge in [-0.2, -0.15) is 8.42 Å². The van der Waals surface area contributed by atoms with Crippen molar-refractivity contribution in [2.45, 2.75) is 71.4 Å². The maximum absolute atomic E-state index is 13.0. The van der Waals surface area contributed by atoms with E-state index < -0.39 is 15.9 Å². The number of hydrogen-bond donors (Lipinski definition) is 3. The van der Waals surface area contributed by atoms with E-state index >= 15 is 0 Å². The normalized spacial score (nSPS) is 20.3. The number of carbonyl (C=O) groups is 1. The van der Waals surface area contributed by atoms with Gasteiger partial charge in [-0.3, -0.25) is 4.79 Å². The lowest BCUT2D eigenvalue weighted by atomic mass is 9.94. The van der Waals surface area contributed by atoms with Crippen LogP contribution >= 0.6 is 11.6 Å². The fraction of sp³-hybridized carbons (Fsp3) is 0.548. The number of ether oxygens (including phenoxy) is 1. The average Bonchev–Trinajstić information content (AvgIpc) is 3.37. The number of nitrogens with zero attached hydrogens (tertiary/aromatic N) is 4. The van der Waals surface area contributed by atoms with Crippen LogP contribution < -0.4 is 20.1 Å². The lowest BCUT2D eigenvalue weighted by molar-refractivity contribution is 0.0981. The lowest BCUT2D eigenvalue weighted by Crippen LogP contribution is -2.31. The van der Waals surface area contributed by atoms with Crippen molar-refractivity contribution < 1.29 is 17.9 Å². The molecule has 1 unspecified atom stereocenters. The topological polar surface area (TPSA) is 140 Å². The second kappa shape index (κ2) is 11.9. The summed E-state index contributed by atoms with van der Waals surface area (Å²) in [7, 11) is -4.27. The number of sulfonamides is 1. The third-order valence-corrected chi connectivity index (χ3v) is 11.1. The number of amides is 1. The molecule has 44 heavy (non-hydrogen) atoms. The summed E-state index contributed by atoms with van der Waals surface area (Å²) >= 11 is 6.32. The maximum Gasteiger partial charge on any atom is 0.281 e. The highest BCUT2D eigenvalue weighted by Gasteiger charge is 2.64. The molecule has 1 saturated carbocycles. The number of aromatic nitrogens is 4. The smallest absolute Gasteiger partial charge is 0.281 e. The minimum absolute atomic E-state index is 0.0975. The summed E-state index contributed by atoms with van der Waals surface area (Å²) in [6.45, 7) is 15.6. The highest BCUT2D eigenvalue weighted by atomic mass is 35.5. The molecule has 4 heterocycles. The van der Waals surface area contributed by atoms with Crippen molar-refractivity contribution in [1.29, 1.82) is 0 Å². The largest absolute Gasteiger partial charge is 0.476 e. The van der Waals surface area contributed by atoms with Gasteiger partial charge in [0.15, 0.2) is 10.8 Å². The molecule has 238 valence electrons. The fourth-order valence-electron chi connectivity index (χ4n) is 6.14. The Morgan fingerprint density at radius 2 is 1.84 bits per heavy atom. The molecule has 0 aromatic carbocycles. The number of rotatable bonds is 12. The zero-order valence-corrected chi connectivity index (χ0v) is 27.7. The fourth-order valence-corrected chi connectivity index (χ4v) is 7.31. The Labute approximate surface area is 264 Å². The van der Waals surface area contributed by atoms with Crippen molar-refractivity contribution in [2.75, 3.05) is 25.0 Å². The first kappa shape index (κ1) is 32.2. The number of carbonyl (C=O) groups excluding carboxylic acids is 1. The molecule has 0 spiro atoms. The highest BCUT2D eigenvalue weighted by Crippen LogP contribution is 2.68. The molecule has 1 aliphatic carbocycles. The second-order valence-corrected chi connectivity index (χ2v) is 15.6. The van der Waals surface area contributed by atoms with Crippen molar-refractivity contribution in [3.63, 3.8) is 0 Å². The standard InChI is InChI=1S/C31H42ClN7O4S/c1-29(2)17-20(18-34-29)9-8-15-33-23-10-7-11-26(35-23)44(41,42)38-28(40)21-12-13-24(36-27(21)32)39-16-14-25(37-39)43-19-22-30(3,4)31(22,5)6/h7,10-14,16,20,22,34H,8-9,15,17-19H2,1-6H3,(H,33,35)(H,38,40). The summed E-state index contributed by atoms with van der Waals surface area (Å²) in [5.41, 5.74) is 0.488. The predicted molar refractivity (Wildman–Crippen MR) is 170 cm³/mol. The zero-order chi connectivity index (χ0) is 31.9. The molecule has 2 aliphatic rings. The lowest BCUT2D eigenvalue weighted by Gasteiger charge is -2.17. The van der Waals surface area contributed by atoms with Gasteiger partial charge in [0.2, 0.25) is 5.88 Å². The molecule has 0 bridgehead atoms. The third-order valence-electron chi connectivity index (χ3n) is 9.59. The van der Waals surface area contributed by atoms with Crippen LogP contribution in [0.2, 0.25) is 5.15 Å². The van der Waals surface area contributed by atoms with Crippen LogP contribution in [0, 0.1) is 22.7 Å². The third kappa shape index (κ3) is 6.87. The number of hydrogen-bond acceptors (Lipinski definition) is 9. The minimum Gasteiger partial charge on any atom is -0.476 e. The molecule has 11 nitrogen and oxygen atoms in total. The summed E-state index contributed by atoms with van der Waals surface area (Å²) in [6, 6.07) is 9.27. The van der Waals surface area contributed by atoms with E-state index in [2.05, 4.69) is 67.2 Å². The Hall–Kier alpha value is -3.22. The Morgan fingerprint density at radius 3 is 2.50 bits per heavy atom. The first-order valence-electron chi connectivity index (χ1n) is 15.0. The summed E-state index contributed by atoms with van der Waals surface area (Å²) in [5, 5.41) is 10.7. The number of anilines is 1. The monoisotopic (exact) mass is 643 g/mol. The molecule has 1 atom stereocenters. The van der Waals surface area contributed by atoms with Crippen molar-refractivity contribution in [2.24, 2.45) is 22.7 Å². The van der Waals surface area contributed by atoms with Gasteiger partial charge in [0.05, 0.1) is 12.2 Å². The Kier molecular flexibility index (Phi) is 8.73. The molecule has 1 amide bonds. The van der Waals surface area contributed by atoms with Gasteiger partial charge >= 0.3 is 0 Å². The molecule has 2 fully saturated rings. The van der Waals surface area contributed by atoms with Crippen molar-refractivity contribution >= 4 is 33.3 Å². The van der Waals surface area contributed by atoms with E-state index in [0.29, 0.717) is 42.5 Å². The van der Waals surface area contributed by atoms with Gasteiger partial charge in [-0.15, -0.1) is 5.10 Å². The van der Waals surface area contributed by atoms with E-state index in [9.17, 15) is 13.2 Å². The Morgan fingerprint density at radius 1 is 1.09 bits per heavy atom. The first-order chi connectivity index (χ1) is 20.6. The van der Waals surface area contributed by atoms with Gasteiger partial charge in [-0.25, -0.2) is 19.4 Å². The second-order valence-electron chi connectivity index (χ2n) is 13.6. The molecule has 3 aromatic rings. The van der Waals surface area contributed by atoms with Crippen LogP contribution in [0.15, 0.2) is 47.6 Å².